The number of carbonyl (C=O) groups excluding carboxylic acids is 1. The van der Waals surface area contributed by atoms with Crippen molar-refractivity contribution in [2.75, 3.05) is 35.2 Å². The van der Waals surface area contributed by atoms with Gasteiger partial charge in [0.15, 0.2) is 0 Å². The van der Waals surface area contributed by atoms with Crippen LogP contribution in [-0.4, -0.2) is 35.5 Å². The first-order valence-corrected chi connectivity index (χ1v) is 9.60. The van der Waals surface area contributed by atoms with Crippen LogP contribution in [0.15, 0.2) is 24.3 Å². The Balaban J connectivity index is 2.17. The third kappa shape index (κ3) is 5.67. The Morgan fingerprint density at radius 2 is 1.81 bits per heavy atom. The fourth-order valence-electron chi connectivity index (χ4n) is 2.82. The van der Waals surface area contributed by atoms with E-state index >= 15 is 0 Å². The van der Waals surface area contributed by atoms with Crippen molar-refractivity contribution in [2.24, 2.45) is 5.92 Å². The molecular formula is C21H31N5O. The van der Waals surface area contributed by atoms with Gasteiger partial charge in [0.2, 0.25) is 5.95 Å². The Labute approximate surface area is 162 Å². The molecule has 6 heteroatoms. The fraction of sp³-hybridized carbons (Fsp3) is 0.476. The summed E-state index contributed by atoms with van der Waals surface area (Å²) in [6.45, 7) is 15.0. The Bertz CT molecular complexity index is 784. The standard InChI is InChI=1S/C21H31N5O/c1-7-26(8-2)17-9-10-18(15(5)11-17)24-20(27)19-12-16(6)23-21(25-19)22-13-14(3)4/h9-12,14H,7-8,13H2,1-6H3,(H,24,27)(H,22,23,25). The van der Waals surface area contributed by atoms with Crippen molar-refractivity contribution in [1.29, 1.82) is 0 Å². The molecule has 0 radical (unpaired) electrons. The molecule has 0 bridgehead atoms. The molecule has 2 N–H and O–H groups in total. The average molecular weight is 370 g/mol. The summed E-state index contributed by atoms with van der Waals surface area (Å²) in [4.78, 5) is 23.7. The topological polar surface area (TPSA) is 70.2 Å². The SMILES string of the molecule is CCN(CC)c1ccc(NC(=O)c2cc(C)nc(NCC(C)C)n2)c(C)c1. The van der Waals surface area contributed by atoms with Gasteiger partial charge in [0.1, 0.15) is 5.69 Å². The number of amides is 1. The van der Waals surface area contributed by atoms with Crippen molar-refractivity contribution in [2.45, 2.75) is 41.5 Å². The number of anilines is 3. The second-order valence-electron chi connectivity index (χ2n) is 7.12. The van der Waals surface area contributed by atoms with Crippen molar-refractivity contribution in [1.82, 2.24) is 9.97 Å². The molecule has 0 aliphatic carbocycles. The fourth-order valence-corrected chi connectivity index (χ4v) is 2.82. The first kappa shape index (κ1) is 20.7. The van der Waals surface area contributed by atoms with Gasteiger partial charge in [0.25, 0.3) is 5.91 Å². The van der Waals surface area contributed by atoms with Crippen LogP contribution < -0.4 is 15.5 Å². The predicted molar refractivity (Wildman–Crippen MR) is 113 cm³/mol. The number of carbonyl (C=O) groups is 1. The Morgan fingerprint density at radius 1 is 1.11 bits per heavy atom. The number of rotatable bonds is 8. The summed E-state index contributed by atoms with van der Waals surface area (Å²) in [5.41, 5.74) is 4.10. The zero-order valence-corrected chi connectivity index (χ0v) is 17.3. The van der Waals surface area contributed by atoms with Crippen LogP contribution in [0.5, 0.6) is 0 Å². The Kier molecular flexibility index (Phi) is 7.16. The van der Waals surface area contributed by atoms with Crippen molar-refractivity contribution in [3.05, 3.63) is 41.2 Å². The summed E-state index contributed by atoms with van der Waals surface area (Å²) in [7, 11) is 0. The number of nitrogens with zero attached hydrogens (tertiary/aromatic N) is 3. The van der Waals surface area contributed by atoms with Gasteiger partial charge in [-0.05, 0) is 63.4 Å². The molecule has 0 unspecified atom stereocenters. The van der Waals surface area contributed by atoms with Gasteiger partial charge in [-0.3, -0.25) is 4.79 Å². The molecule has 146 valence electrons. The predicted octanol–water partition coefficient (Wildman–Crippen LogP) is 4.26. The molecular weight excluding hydrogens is 338 g/mol. The minimum atomic E-state index is -0.230. The molecule has 2 aromatic rings. The second kappa shape index (κ2) is 9.35. The highest BCUT2D eigenvalue weighted by Crippen LogP contribution is 2.23. The van der Waals surface area contributed by atoms with Crippen LogP contribution in [0.25, 0.3) is 0 Å². The minimum absolute atomic E-state index is 0.230. The normalized spacial score (nSPS) is 10.8. The summed E-state index contributed by atoms with van der Waals surface area (Å²) < 4.78 is 0. The number of aryl methyl sites for hydroxylation is 2. The van der Waals surface area contributed by atoms with E-state index in [0.717, 1.165) is 42.3 Å². The van der Waals surface area contributed by atoms with Crippen LogP contribution in [0, 0.1) is 19.8 Å². The number of hydrogen-bond donors (Lipinski definition) is 2. The first-order chi connectivity index (χ1) is 12.8. The number of benzene rings is 1. The minimum Gasteiger partial charge on any atom is -0.372 e. The van der Waals surface area contributed by atoms with Gasteiger partial charge in [-0.25, -0.2) is 9.97 Å². The second-order valence-corrected chi connectivity index (χ2v) is 7.12. The molecule has 0 fully saturated rings. The van der Waals surface area contributed by atoms with Gasteiger partial charge in [-0.15, -0.1) is 0 Å². The van der Waals surface area contributed by atoms with E-state index in [1.807, 2.05) is 26.0 Å². The molecule has 0 aliphatic heterocycles. The third-order valence-corrected chi connectivity index (χ3v) is 4.34. The van der Waals surface area contributed by atoms with E-state index in [4.69, 9.17) is 0 Å². The lowest BCUT2D eigenvalue weighted by Crippen LogP contribution is -2.22. The maximum Gasteiger partial charge on any atom is 0.274 e. The van der Waals surface area contributed by atoms with Crippen LogP contribution >= 0.6 is 0 Å². The molecule has 6 nitrogen and oxygen atoms in total. The van der Waals surface area contributed by atoms with E-state index in [1.54, 1.807) is 6.07 Å². The zero-order valence-electron chi connectivity index (χ0n) is 17.3. The summed E-state index contributed by atoms with van der Waals surface area (Å²) >= 11 is 0. The molecule has 2 rings (SSSR count). The van der Waals surface area contributed by atoms with Crippen LogP contribution in [0.2, 0.25) is 0 Å². The van der Waals surface area contributed by atoms with E-state index in [1.165, 1.54) is 0 Å². The Hall–Kier alpha value is -2.63. The highest BCUT2D eigenvalue weighted by molar-refractivity contribution is 6.03. The summed E-state index contributed by atoms with van der Waals surface area (Å²) in [5, 5.41) is 6.15. The summed E-state index contributed by atoms with van der Waals surface area (Å²) in [5.74, 6) is 0.729. The molecule has 1 amide bonds. The zero-order chi connectivity index (χ0) is 20.0. The molecule has 27 heavy (non-hydrogen) atoms. The highest BCUT2D eigenvalue weighted by Gasteiger charge is 2.13. The van der Waals surface area contributed by atoms with E-state index in [0.29, 0.717) is 17.6 Å². The molecule has 1 heterocycles. The molecule has 1 aromatic heterocycles. The molecule has 0 atom stereocenters. The maximum absolute atomic E-state index is 12.7. The summed E-state index contributed by atoms with van der Waals surface area (Å²) in [6, 6.07) is 7.79. The molecule has 0 aliphatic rings. The quantitative estimate of drug-likeness (QED) is 0.727. The van der Waals surface area contributed by atoms with Crippen LogP contribution in [-0.2, 0) is 0 Å². The van der Waals surface area contributed by atoms with Crippen LogP contribution in [0.1, 0.15) is 49.4 Å². The monoisotopic (exact) mass is 369 g/mol. The van der Waals surface area contributed by atoms with Crippen LogP contribution in [0.4, 0.5) is 17.3 Å². The lowest BCUT2D eigenvalue weighted by molar-refractivity contribution is 0.102. The lowest BCUT2D eigenvalue weighted by atomic mass is 10.1. The molecule has 0 spiro atoms. The van der Waals surface area contributed by atoms with Gasteiger partial charge in [-0.1, -0.05) is 13.8 Å². The average Bonchev–Trinajstić information content (AvgIpc) is 2.62. The van der Waals surface area contributed by atoms with Gasteiger partial charge in [-0.2, -0.15) is 0 Å². The van der Waals surface area contributed by atoms with Gasteiger partial charge >= 0.3 is 0 Å². The van der Waals surface area contributed by atoms with E-state index in [-0.39, 0.29) is 5.91 Å². The maximum atomic E-state index is 12.7. The van der Waals surface area contributed by atoms with Crippen molar-refractivity contribution < 1.29 is 4.79 Å². The summed E-state index contributed by atoms with van der Waals surface area (Å²) in [6.07, 6.45) is 0. The van der Waals surface area contributed by atoms with E-state index < -0.39 is 0 Å². The van der Waals surface area contributed by atoms with Gasteiger partial charge in [0.05, 0.1) is 0 Å². The van der Waals surface area contributed by atoms with E-state index in [9.17, 15) is 4.79 Å². The first-order valence-electron chi connectivity index (χ1n) is 9.60. The van der Waals surface area contributed by atoms with Crippen LogP contribution in [0.3, 0.4) is 0 Å². The molecule has 0 saturated carbocycles. The number of hydrogen-bond acceptors (Lipinski definition) is 5. The van der Waals surface area contributed by atoms with Crippen molar-refractivity contribution in [3.63, 3.8) is 0 Å². The third-order valence-electron chi connectivity index (χ3n) is 4.34. The van der Waals surface area contributed by atoms with Crippen molar-refractivity contribution >= 4 is 23.2 Å². The molecule has 1 aromatic carbocycles. The Morgan fingerprint density at radius 3 is 2.41 bits per heavy atom. The van der Waals surface area contributed by atoms with Gasteiger partial charge in [0, 0.05) is 36.7 Å². The molecule has 0 saturated heterocycles. The lowest BCUT2D eigenvalue weighted by Gasteiger charge is -2.22. The highest BCUT2D eigenvalue weighted by atomic mass is 16.1. The number of aromatic nitrogens is 2. The largest absolute Gasteiger partial charge is 0.372 e. The number of nitrogens with one attached hydrogen (secondary N) is 2. The smallest absolute Gasteiger partial charge is 0.274 e. The van der Waals surface area contributed by atoms with E-state index in [2.05, 4.69) is 59.3 Å². The van der Waals surface area contributed by atoms with Gasteiger partial charge < -0.3 is 15.5 Å². The van der Waals surface area contributed by atoms with Crippen molar-refractivity contribution in [3.8, 4) is 0 Å².